The van der Waals surface area contributed by atoms with E-state index in [9.17, 15) is 0 Å². The lowest BCUT2D eigenvalue weighted by Gasteiger charge is -2.02. The van der Waals surface area contributed by atoms with E-state index in [0.29, 0.717) is 5.25 Å². The monoisotopic (exact) mass is 278 g/mol. The molecule has 96 valence electrons. The van der Waals surface area contributed by atoms with Crippen molar-refractivity contribution in [3.05, 3.63) is 34.7 Å². The fourth-order valence-electron chi connectivity index (χ4n) is 1.64. The van der Waals surface area contributed by atoms with Crippen LogP contribution in [0.15, 0.2) is 29.6 Å². The first-order valence-electron chi connectivity index (χ1n) is 6.07. The van der Waals surface area contributed by atoms with Gasteiger partial charge in [-0.05, 0) is 23.1 Å². The van der Waals surface area contributed by atoms with Gasteiger partial charge in [0.15, 0.2) is 0 Å². The SMILES string of the molecule is CC(C)SCCc1nc(-c2cccc(N)c2)cs1. The van der Waals surface area contributed by atoms with Crippen molar-refractivity contribution in [2.24, 2.45) is 0 Å². The first-order chi connectivity index (χ1) is 8.65. The molecule has 0 saturated heterocycles. The van der Waals surface area contributed by atoms with Gasteiger partial charge in [0.05, 0.1) is 10.7 Å². The molecular formula is C14H18N2S2. The van der Waals surface area contributed by atoms with Crippen molar-refractivity contribution in [3.63, 3.8) is 0 Å². The van der Waals surface area contributed by atoms with Gasteiger partial charge in [-0.2, -0.15) is 11.8 Å². The second kappa shape index (κ2) is 6.25. The molecule has 2 N–H and O–H groups in total. The summed E-state index contributed by atoms with van der Waals surface area (Å²) in [5, 5.41) is 4.02. The molecule has 1 aromatic heterocycles. The molecule has 1 aromatic carbocycles. The third kappa shape index (κ3) is 3.75. The molecule has 2 aromatic rings. The van der Waals surface area contributed by atoms with E-state index in [1.165, 1.54) is 5.01 Å². The molecule has 0 aliphatic heterocycles. The minimum atomic E-state index is 0.693. The fourth-order valence-corrected chi connectivity index (χ4v) is 3.36. The zero-order valence-electron chi connectivity index (χ0n) is 10.7. The van der Waals surface area contributed by atoms with Gasteiger partial charge in [0.1, 0.15) is 0 Å². The van der Waals surface area contributed by atoms with E-state index in [2.05, 4.69) is 30.3 Å². The standard InChI is InChI=1S/C14H18N2S2/c1-10(2)17-7-6-14-16-13(9-18-14)11-4-3-5-12(15)8-11/h3-5,8-10H,6-7,15H2,1-2H3. The number of nitrogens with zero attached hydrogens (tertiary/aromatic N) is 1. The van der Waals surface area contributed by atoms with Crippen molar-refractivity contribution in [2.45, 2.75) is 25.5 Å². The fraction of sp³-hybridized carbons (Fsp3) is 0.357. The molecular weight excluding hydrogens is 260 g/mol. The lowest BCUT2D eigenvalue weighted by Crippen LogP contribution is -1.93. The number of hydrogen-bond acceptors (Lipinski definition) is 4. The Hall–Kier alpha value is -1.000. The third-order valence-corrected chi connectivity index (χ3v) is 4.52. The molecule has 2 nitrogen and oxygen atoms in total. The van der Waals surface area contributed by atoms with E-state index in [1.807, 2.05) is 30.0 Å². The second-order valence-corrected chi connectivity index (χ2v) is 7.05. The van der Waals surface area contributed by atoms with Gasteiger partial charge in [0.25, 0.3) is 0 Å². The summed E-state index contributed by atoms with van der Waals surface area (Å²) in [6.45, 7) is 4.45. The van der Waals surface area contributed by atoms with Crippen LogP contribution in [0.5, 0.6) is 0 Å². The van der Waals surface area contributed by atoms with Gasteiger partial charge < -0.3 is 5.73 Å². The van der Waals surface area contributed by atoms with Crippen LogP contribution >= 0.6 is 23.1 Å². The van der Waals surface area contributed by atoms with Gasteiger partial charge in [-0.1, -0.05) is 26.0 Å². The summed E-state index contributed by atoms with van der Waals surface area (Å²) in [4.78, 5) is 4.67. The van der Waals surface area contributed by atoms with Crippen LogP contribution in [0.3, 0.4) is 0 Å². The van der Waals surface area contributed by atoms with Gasteiger partial charge in [-0.3, -0.25) is 0 Å². The minimum Gasteiger partial charge on any atom is -0.399 e. The highest BCUT2D eigenvalue weighted by Crippen LogP contribution is 2.24. The summed E-state index contributed by atoms with van der Waals surface area (Å²) < 4.78 is 0. The zero-order valence-corrected chi connectivity index (χ0v) is 12.4. The second-order valence-electron chi connectivity index (χ2n) is 4.42. The summed E-state index contributed by atoms with van der Waals surface area (Å²) in [5.74, 6) is 1.14. The topological polar surface area (TPSA) is 38.9 Å². The summed E-state index contributed by atoms with van der Waals surface area (Å²) in [6.07, 6.45) is 1.05. The molecule has 0 saturated carbocycles. The Morgan fingerprint density at radius 2 is 2.22 bits per heavy atom. The predicted octanol–water partition coefficient (Wildman–Crippen LogP) is 4.08. The molecule has 0 aliphatic carbocycles. The van der Waals surface area contributed by atoms with Crippen molar-refractivity contribution in [1.29, 1.82) is 0 Å². The third-order valence-electron chi connectivity index (χ3n) is 2.50. The lowest BCUT2D eigenvalue weighted by molar-refractivity contribution is 1.07. The number of benzene rings is 1. The molecule has 0 fully saturated rings. The van der Waals surface area contributed by atoms with Gasteiger partial charge in [-0.25, -0.2) is 4.98 Å². The van der Waals surface area contributed by atoms with E-state index in [4.69, 9.17) is 5.73 Å². The van der Waals surface area contributed by atoms with Crippen molar-refractivity contribution in [3.8, 4) is 11.3 Å². The molecule has 0 spiro atoms. The number of thioether (sulfide) groups is 1. The average molecular weight is 278 g/mol. The highest BCUT2D eigenvalue weighted by atomic mass is 32.2. The number of aromatic nitrogens is 1. The Labute approximate surface area is 117 Å². The molecule has 0 amide bonds. The number of thiazole rings is 1. The van der Waals surface area contributed by atoms with Crippen molar-refractivity contribution in [1.82, 2.24) is 4.98 Å². The summed E-state index contributed by atoms with van der Waals surface area (Å²) in [6, 6.07) is 7.90. The van der Waals surface area contributed by atoms with Gasteiger partial charge in [-0.15, -0.1) is 11.3 Å². The van der Waals surface area contributed by atoms with Gasteiger partial charge in [0, 0.05) is 23.1 Å². The number of aryl methyl sites for hydroxylation is 1. The Kier molecular flexibility index (Phi) is 4.66. The molecule has 4 heteroatoms. The van der Waals surface area contributed by atoms with Crippen molar-refractivity contribution >= 4 is 28.8 Å². The highest BCUT2D eigenvalue weighted by Gasteiger charge is 2.05. The Bertz CT molecular complexity index is 506. The number of nitrogen functional groups attached to an aromatic ring is 1. The molecule has 0 radical (unpaired) electrons. The summed E-state index contributed by atoms with van der Waals surface area (Å²) in [5.41, 5.74) is 8.72. The molecule has 1 heterocycles. The first kappa shape index (κ1) is 13.4. The lowest BCUT2D eigenvalue weighted by atomic mass is 10.1. The summed E-state index contributed by atoms with van der Waals surface area (Å²) >= 11 is 3.72. The van der Waals surface area contributed by atoms with Crippen molar-refractivity contribution in [2.75, 3.05) is 11.5 Å². The summed E-state index contributed by atoms with van der Waals surface area (Å²) in [7, 11) is 0. The Balaban J connectivity index is 2.02. The quantitative estimate of drug-likeness (QED) is 0.838. The van der Waals surface area contributed by atoms with Crippen LogP contribution in [-0.4, -0.2) is 16.0 Å². The highest BCUT2D eigenvalue weighted by molar-refractivity contribution is 7.99. The van der Waals surface area contributed by atoms with Crippen LogP contribution in [0.2, 0.25) is 0 Å². The van der Waals surface area contributed by atoms with Crippen LogP contribution in [-0.2, 0) is 6.42 Å². The molecule has 0 bridgehead atoms. The number of hydrogen-bond donors (Lipinski definition) is 1. The van der Waals surface area contributed by atoms with Crippen LogP contribution in [0.1, 0.15) is 18.9 Å². The van der Waals surface area contributed by atoms with Gasteiger partial charge >= 0.3 is 0 Å². The predicted molar refractivity (Wildman–Crippen MR) is 83.3 cm³/mol. The first-order valence-corrected chi connectivity index (χ1v) is 8.00. The maximum atomic E-state index is 5.79. The smallest absolute Gasteiger partial charge is 0.0940 e. The molecule has 0 aliphatic rings. The number of nitrogens with two attached hydrogens (primary N) is 1. The van der Waals surface area contributed by atoms with Crippen LogP contribution in [0.4, 0.5) is 5.69 Å². The molecule has 0 atom stereocenters. The number of anilines is 1. The number of rotatable bonds is 5. The largest absolute Gasteiger partial charge is 0.399 e. The molecule has 2 rings (SSSR count). The van der Waals surface area contributed by atoms with E-state index in [0.717, 1.165) is 29.1 Å². The van der Waals surface area contributed by atoms with E-state index in [1.54, 1.807) is 11.3 Å². The average Bonchev–Trinajstić information content (AvgIpc) is 2.77. The van der Waals surface area contributed by atoms with Crippen LogP contribution in [0.25, 0.3) is 11.3 Å². The Morgan fingerprint density at radius 3 is 2.94 bits per heavy atom. The normalized spacial score (nSPS) is 11.1. The van der Waals surface area contributed by atoms with E-state index >= 15 is 0 Å². The molecule has 18 heavy (non-hydrogen) atoms. The van der Waals surface area contributed by atoms with Crippen LogP contribution < -0.4 is 5.73 Å². The van der Waals surface area contributed by atoms with E-state index in [-0.39, 0.29) is 0 Å². The maximum absolute atomic E-state index is 5.79. The molecule has 0 unspecified atom stereocenters. The van der Waals surface area contributed by atoms with E-state index < -0.39 is 0 Å². The minimum absolute atomic E-state index is 0.693. The Morgan fingerprint density at radius 1 is 1.39 bits per heavy atom. The zero-order chi connectivity index (χ0) is 13.0. The van der Waals surface area contributed by atoms with Gasteiger partial charge in [0.2, 0.25) is 0 Å². The van der Waals surface area contributed by atoms with Crippen LogP contribution in [0, 0.1) is 0 Å². The van der Waals surface area contributed by atoms with Crippen molar-refractivity contribution < 1.29 is 0 Å². The maximum Gasteiger partial charge on any atom is 0.0940 e.